The van der Waals surface area contributed by atoms with Crippen molar-refractivity contribution in [3.8, 4) is 0 Å². The molecule has 0 aromatic carbocycles. The lowest BCUT2D eigenvalue weighted by Gasteiger charge is -2.04. The molecule has 99 heavy (non-hydrogen) atoms. The molecule has 0 fully saturated rings. The van der Waals surface area contributed by atoms with Gasteiger partial charge in [-0.25, -0.2) is 0 Å². The molecule has 12 rings (SSSR count). The second kappa shape index (κ2) is 56.3. The molecule has 0 unspecified atom stereocenters. The Morgan fingerprint density at radius 3 is 1.06 bits per heavy atom. The Balaban J connectivity index is 0.00000106. The second-order valence-corrected chi connectivity index (χ2v) is 25.9. The molecule has 548 valence electrons. The highest BCUT2D eigenvalue weighted by atomic mass is 14.9. The Bertz CT molecular complexity index is 3410. The quantitative estimate of drug-likeness (QED) is 0.0552. The van der Waals surface area contributed by atoms with E-state index in [1.165, 1.54) is 119 Å². The van der Waals surface area contributed by atoms with Crippen molar-refractivity contribution in [1.29, 1.82) is 0 Å². The van der Waals surface area contributed by atoms with Gasteiger partial charge in [-0.05, 0) is 218 Å². The fourth-order valence-corrected chi connectivity index (χ4v) is 9.74. The maximum Gasteiger partial charge on any atom is 0.0197 e. The molecule has 0 radical (unpaired) electrons. The number of aryl methyl sites for hydroxylation is 14. The van der Waals surface area contributed by atoms with Crippen molar-refractivity contribution in [3.05, 3.63) is 288 Å². The Morgan fingerprint density at radius 1 is 0.313 bits per heavy atom. The number of aromatic amines is 6. The topological polar surface area (TPSA) is 124 Å². The van der Waals surface area contributed by atoms with Crippen LogP contribution in [0.2, 0.25) is 0 Å². The van der Waals surface area contributed by atoms with Crippen molar-refractivity contribution in [3.63, 3.8) is 0 Å². The minimum atomic E-state index is 0. The van der Waals surface area contributed by atoms with Crippen LogP contribution < -0.4 is 0 Å². The van der Waals surface area contributed by atoms with Crippen molar-refractivity contribution in [2.45, 2.75) is 219 Å². The number of nitrogens with one attached hydrogen (secondary N) is 6. The number of nitrogens with zero attached hydrogens (tertiary/aromatic N) is 6. The lowest BCUT2D eigenvalue weighted by molar-refractivity contribution is 0.741. The van der Waals surface area contributed by atoms with Crippen LogP contribution in [0.5, 0.6) is 0 Å². The van der Waals surface area contributed by atoms with Crippen LogP contribution >= 0.6 is 0 Å². The van der Waals surface area contributed by atoms with Gasteiger partial charge >= 0.3 is 0 Å². The first-order chi connectivity index (χ1) is 47.1. The molecule has 0 saturated heterocycles. The summed E-state index contributed by atoms with van der Waals surface area (Å²) in [5.74, 6) is 2.59. The predicted octanol–water partition coefficient (Wildman–Crippen LogP) is 23.4. The first-order valence-corrected chi connectivity index (χ1v) is 36.5. The smallest absolute Gasteiger partial charge is 0.0197 e. The molecule has 0 aliphatic rings. The molecule has 12 heteroatoms. The van der Waals surface area contributed by atoms with Crippen LogP contribution in [0, 0.1) is 0 Å². The van der Waals surface area contributed by atoms with Gasteiger partial charge < -0.3 is 57.3 Å². The van der Waals surface area contributed by atoms with Crippen LogP contribution in [-0.2, 0) is 93.7 Å². The van der Waals surface area contributed by atoms with Gasteiger partial charge in [-0.2, -0.15) is 0 Å². The highest BCUT2D eigenvalue weighted by Crippen LogP contribution is 2.15. The molecule has 12 aromatic heterocycles. The van der Waals surface area contributed by atoms with Crippen molar-refractivity contribution in [1.82, 2.24) is 57.3 Å². The molecule has 0 saturated carbocycles. The summed E-state index contributed by atoms with van der Waals surface area (Å²) in [4.78, 5) is 18.4. The minimum Gasteiger partial charge on any atom is -0.367 e. The molecule has 12 nitrogen and oxygen atoms in total. The van der Waals surface area contributed by atoms with E-state index in [1.54, 1.807) is 0 Å². The lowest BCUT2D eigenvalue weighted by atomic mass is 10.1. The normalized spacial score (nSPS) is 9.88. The van der Waals surface area contributed by atoms with E-state index in [0.717, 1.165) is 25.7 Å². The molecule has 0 aliphatic carbocycles. The van der Waals surface area contributed by atoms with Gasteiger partial charge in [0.2, 0.25) is 0 Å². The van der Waals surface area contributed by atoms with Crippen LogP contribution in [0.25, 0.3) is 0 Å². The Morgan fingerprint density at radius 2 is 0.778 bits per heavy atom. The van der Waals surface area contributed by atoms with Gasteiger partial charge in [0.25, 0.3) is 0 Å². The van der Waals surface area contributed by atoms with Crippen LogP contribution in [0.4, 0.5) is 0 Å². The third-order valence-electron chi connectivity index (χ3n) is 15.8. The summed E-state index contributed by atoms with van der Waals surface area (Å²) in [5, 5.41) is 0. The van der Waals surface area contributed by atoms with Crippen molar-refractivity contribution < 1.29 is 0 Å². The zero-order valence-electron chi connectivity index (χ0n) is 65.3. The van der Waals surface area contributed by atoms with E-state index in [0.29, 0.717) is 23.7 Å². The van der Waals surface area contributed by atoms with Gasteiger partial charge in [0.1, 0.15) is 0 Å². The molecule has 0 aliphatic heterocycles. The first-order valence-electron chi connectivity index (χ1n) is 36.5. The maximum atomic E-state index is 3.14. The van der Waals surface area contributed by atoms with Crippen molar-refractivity contribution >= 4 is 0 Å². The van der Waals surface area contributed by atoms with Crippen LogP contribution in [0.1, 0.15) is 235 Å². The summed E-state index contributed by atoms with van der Waals surface area (Å²) in [6.07, 6.45) is 51.0. The number of rotatable bonds is 16. The molecule has 12 heterocycles. The molecule has 0 bridgehead atoms. The molecular weight excluding hydrogens is 1210 g/mol. The van der Waals surface area contributed by atoms with E-state index < -0.39 is 0 Å². The minimum absolute atomic E-state index is 0. The fourth-order valence-electron chi connectivity index (χ4n) is 9.74. The first kappa shape index (κ1) is 90.4. The summed E-state index contributed by atoms with van der Waals surface area (Å²) in [6.45, 7) is 34.9. The highest BCUT2D eigenvalue weighted by Gasteiger charge is 2.01. The van der Waals surface area contributed by atoms with E-state index in [4.69, 9.17) is 0 Å². The van der Waals surface area contributed by atoms with Crippen LogP contribution in [-0.4, -0.2) is 57.3 Å². The van der Waals surface area contributed by atoms with Gasteiger partial charge in [-0.1, -0.05) is 144 Å². The van der Waals surface area contributed by atoms with Gasteiger partial charge in [-0.15, -0.1) is 0 Å². The van der Waals surface area contributed by atoms with E-state index >= 15 is 0 Å². The van der Waals surface area contributed by atoms with Crippen LogP contribution in [0.3, 0.4) is 0 Å². The molecule has 0 spiro atoms. The van der Waals surface area contributed by atoms with E-state index in [2.05, 4.69) is 343 Å². The van der Waals surface area contributed by atoms with Gasteiger partial charge in [0.15, 0.2) is 0 Å². The lowest BCUT2D eigenvalue weighted by Crippen LogP contribution is -1.95. The predicted molar refractivity (Wildman–Crippen MR) is 434 cm³/mol. The van der Waals surface area contributed by atoms with E-state index in [9.17, 15) is 0 Å². The Hall–Kier alpha value is -8.64. The SMILES string of the molecule is C.CC(C)c1cc[nH]c1.CC(C)c1ccc[nH]1.CC(C)c1cccn1C.CC(C)c1ccn(C)c1.CCCc1cc[nH]c1.CCCc1ccc[nH]1.CCCc1cccn1C.CCCc1ccn(C)c1.CCc1cc[nH]c1.CCc1ccc[nH]1.CCc1cccn1C.CCc1ccn(C)c1. The molecular formula is C87H140N12. The van der Waals surface area contributed by atoms with Crippen molar-refractivity contribution in [2.24, 2.45) is 42.3 Å². The molecule has 0 amide bonds. The summed E-state index contributed by atoms with van der Waals surface area (Å²) >= 11 is 0. The van der Waals surface area contributed by atoms with Gasteiger partial charge in [-0.3, -0.25) is 0 Å². The molecule has 6 N–H and O–H groups in total. The largest absolute Gasteiger partial charge is 0.367 e. The fraction of sp³-hybridized carbons (Fsp3) is 0.448. The summed E-state index contributed by atoms with van der Waals surface area (Å²) in [5.41, 5.74) is 16.6. The van der Waals surface area contributed by atoms with E-state index in [1.807, 2.05) is 88.1 Å². The number of H-pyrrole nitrogens is 6. The Labute approximate surface area is 603 Å². The average molecular weight is 1350 g/mol. The number of hydrogen-bond donors (Lipinski definition) is 6. The Kier molecular flexibility index (Phi) is 51.3. The standard InChI is InChI=1S/4C8H13N.6C7H11N.2C6H9N.CH4/c1-7(2)8-4-5-9(3)6-8;1-7(2)8-5-4-6-9(8)3;1-3-5-8-6-4-7-9(8)2;1-3-4-8-5-6-9(2)7-8;1-6(2)7-3-4-8-5-7;1-6(2)7-4-3-5-8-7;1-3-7-4-5-8(2)6-7;1-3-7-5-4-6-8(7)2;1-2-4-7-5-3-6-8-7;1-2-3-7-4-5-8-6-7;1-2-6-3-4-7-5-6;1-2-6-4-3-5-7-6;/h2*4-7H,1-3H3;4,6-7H,3,5H2,1-2H3;5-7H,3-4H2,1-2H3;2*3-6,8H,1-2H3;2*4-6H,3H2,1-2H3;3,5-6,8H,2,4H2,1H3;4-6,8H,2-3H2,1H3;2*3-5,7H,2H2,1H3;1H4. The summed E-state index contributed by atoms with van der Waals surface area (Å²) in [6, 6.07) is 37.8. The zero-order valence-corrected chi connectivity index (χ0v) is 65.3. The third kappa shape index (κ3) is 42.7. The third-order valence-corrected chi connectivity index (χ3v) is 15.8. The average Bonchev–Trinajstić information content (AvgIpc) is 1.83. The zero-order chi connectivity index (χ0) is 72.9. The summed E-state index contributed by atoms with van der Waals surface area (Å²) in [7, 11) is 12.4. The monoisotopic (exact) mass is 1350 g/mol. The van der Waals surface area contributed by atoms with Gasteiger partial charge in [0, 0.05) is 188 Å². The van der Waals surface area contributed by atoms with Crippen LogP contribution in [0.15, 0.2) is 221 Å². The van der Waals surface area contributed by atoms with Crippen molar-refractivity contribution in [2.75, 3.05) is 0 Å². The molecule has 0 atom stereocenters. The molecule has 12 aromatic rings. The maximum absolute atomic E-state index is 3.14. The van der Waals surface area contributed by atoms with E-state index in [-0.39, 0.29) is 7.43 Å². The van der Waals surface area contributed by atoms with Gasteiger partial charge in [0.05, 0.1) is 0 Å². The summed E-state index contributed by atoms with van der Waals surface area (Å²) < 4.78 is 12.7. The number of hydrogen-bond acceptors (Lipinski definition) is 0. The number of aromatic nitrogens is 12. The highest BCUT2D eigenvalue weighted by molar-refractivity contribution is 5.16. The second-order valence-electron chi connectivity index (χ2n) is 25.9.